The first-order chi connectivity index (χ1) is 10.3. The molecule has 1 saturated carbocycles. The van der Waals surface area contributed by atoms with Crippen molar-refractivity contribution in [2.24, 2.45) is 5.73 Å². The second-order valence-corrected chi connectivity index (χ2v) is 5.63. The lowest BCUT2D eigenvalue weighted by atomic mass is 9.94. The summed E-state index contributed by atoms with van der Waals surface area (Å²) in [5.74, 6) is 0.671. The van der Waals surface area contributed by atoms with Crippen LogP contribution in [0.2, 0.25) is 0 Å². The molecule has 0 spiro atoms. The number of ether oxygens (including phenoxy) is 1. The molecule has 2 aromatic heterocycles. The third-order valence-corrected chi connectivity index (χ3v) is 3.92. The Morgan fingerprint density at radius 2 is 2.14 bits per heavy atom. The molecule has 1 aliphatic carbocycles. The SMILES string of the molecule is NC1CCC(OCCCNc2nc3ccccn3n2)CC1. The summed E-state index contributed by atoms with van der Waals surface area (Å²) in [6, 6.07) is 6.22. The van der Waals surface area contributed by atoms with Crippen LogP contribution in [0.3, 0.4) is 0 Å². The quantitative estimate of drug-likeness (QED) is 0.793. The molecule has 6 heteroatoms. The number of nitrogens with zero attached hydrogens (tertiary/aromatic N) is 3. The average Bonchev–Trinajstić information content (AvgIpc) is 2.91. The van der Waals surface area contributed by atoms with Gasteiger partial charge < -0.3 is 15.8 Å². The molecule has 0 aromatic carbocycles. The fourth-order valence-corrected chi connectivity index (χ4v) is 2.68. The van der Waals surface area contributed by atoms with E-state index in [2.05, 4.69) is 15.4 Å². The molecular weight excluding hydrogens is 266 g/mol. The van der Waals surface area contributed by atoms with Gasteiger partial charge in [-0.2, -0.15) is 4.98 Å². The molecule has 114 valence electrons. The van der Waals surface area contributed by atoms with E-state index in [1.165, 1.54) is 0 Å². The maximum absolute atomic E-state index is 5.89. The Kier molecular flexibility index (Phi) is 4.67. The number of anilines is 1. The molecule has 0 aliphatic heterocycles. The van der Waals surface area contributed by atoms with Crippen molar-refractivity contribution in [1.82, 2.24) is 14.6 Å². The number of pyridine rings is 1. The molecule has 2 aromatic rings. The highest BCUT2D eigenvalue weighted by atomic mass is 16.5. The smallest absolute Gasteiger partial charge is 0.243 e. The number of aromatic nitrogens is 3. The molecule has 0 atom stereocenters. The molecule has 0 unspecified atom stereocenters. The number of hydrogen-bond donors (Lipinski definition) is 2. The second kappa shape index (κ2) is 6.87. The molecule has 1 aliphatic rings. The number of nitrogens with two attached hydrogens (primary N) is 1. The van der Waals surface area contributed by atoms with Crippen LogP contribution in [-0.4, -0.2) is 39.9 Å². The van der Waals surface area contributed by atoms with Gasteiger partial charge in [-0.15, -0.1) is 5.10 Å². The summed E-state index contributed by atoms with van der Waals surface area (Å²) in [5.41, 5.74) is 6.74. The highest BCUT2D eigenvalue weighted by molar-refractivity contribution is 5.42. The lowest BCUT2D eigenvalue weighted by Crippen LogP contribution is -2.30. The Labute approximate surface area is 124 Å². The molecular formula is C15H23N5O. The van der Waals surface area contributed by atoms with Gasteiger partial charge in [-0.05, 0) is 44.2 Å². The van der Waals surface area contributed by atoms with Crippen LogP contribution in [0.5, 0.6) is 0 Å². The maximum atomic E-state index is 5.89. The molecule has 0 bridgehead atoms. The molecule has 1 fully saturated rings. The zero-order chi connectivity index (χ0) is 14.5. The molecule has 2 heterocycles. The van der Waals surface area contributed by atoms with E-state index in [4.69, 9.17) is 10.5 Å². The predicted molar refractivity (Wildman–Crippen MR) is 82.3 cm³/mol. The molecule has 21 heavy (non-hydrogen) atoms. The van der Waals surface area contributed by atoms with Crippen molar-refractivity contribution in [2.45, 2.75) is 44.2 Å². The van der Waals surface area contributed by atoms with Crippen LogP contribution >= 0.6 is 0 Å². The van der Waals surface area contributed by atoms with E-state index in [9.17, 15) is 0 Å². The maximum Gasteiger partial charge on any atom is 0.243 e. The standard InChI is InChI=1S/C15H23N5O/c16-12-5-7-13(8-6-12)21-11-3-9-17-15-18-14-4-1-2-10-20(14)19-15/h1-2,4,10,12-13H,3,5-9,11,16H2,(H,17,19). The minimum atomic E-state index is 0.382. The van der Waals surface area contributed by atoms with Gasteiger partial charge in [0.25, 0.3) is 0 Å². The minimum Gasteiger partial charge on any atom is -0.378 e. The lowest BCUT2D eigenvalue weighted by molar-refractivity contribution is 0.0251. The van der Waals surface area contributed by atoms with E-state index in [1.807, 2.05) is 24.4 Å². The molecule has 0 amide bonds. The van der Waals surface area contributed by atoms with Crippen LogP contribution in [-0.2, 0) is 4.74 Å². The fraction of sp³-hybridized carbons (Fsp3) is 0.600. The summed E-state index contributed by atoms with van der Waals surface area (Å²) in [6.45, 7) is 1.60. The largest absolute Gasteiger partial charge is 0.378 e. The Morgan fingerprint density at radius 1 is 1.29 bits per heavy atom. The molecule has 0 radical (unpaired) electrons. The van der Waals surface area contributed by atoms with Crippen molar-refractivity contribution in [2.75, 3.05) is 18.5 Å². The first-order valence-corrected chi connectivity index (χ1v) is 7.74. The van der Waals surface area contributed by atoms with Crippen molar-refractivity contribution in [3.63, 3.8) is 0 Å². The van der Waals surface area contributed by atoms with Crippen molar-refractivity contribution in [3.8, 4) is 0 Å². The summed E-state index contributed by atoms with van der Waals surface area (Å²) in [5, 5.41) is 7.58. The zero-order valence-electron chi connectivity index (χ0n) is 12.2. The van der Waals surface area contributed by atoms with E-state index < -0.39 is 0 Å². The van der Waals surface area contributed by atoms with Crippen molar-refractivity contribution in [3.05, 3.63) is 24.4 Å². The Hall–Kier alpha value is -1.66. The Balaban J connectivity index is 1.34. The first-order valence-electron chi connectivity index (χ1n) is 7.74. The summed E-state index contributed by atoms with van der Waals surface area (Å²) in [6.07, 6.45) is 7.63. The van der Waals surface area contributed by atoms with Crippen molar-refractivity contribution < 1.29 is 4.74 Å². The molecule has 0 saturated heterocycles. The Bertz CT molecular complexity index is 529. The minimum absolute atomic E-state index is 0.382. The van der Waals surface area contributed by atoms with Gasteiger partial charge in [0.05, 0.1) is 6.10 Å². The zero-order valence-corrected chi connectivity index (χ0v) is 12.2. The number of fused-ring (bicyclic) bond motifs is 1. The van der Waals surface area contributed by atoms with Gasteiger partial charge in [-0.1, -0.05) is 6.07 Å². The van der Waals surface area contributed by atoms with E-state index in [0.717, 1.165) is 50.9 Å². The summed E-state index contributed by atoms with van der Waals surface area (Å²) >= 11 is 0. The predicted octanol–water partition coefficient (Wildman–Crippen LogP) is 1.82. The fourth-order valence-electron chi connectivity index (χ4n) is 2.68. The van der Waals surface area contributed by atoms with E-state index in [-0.39, 0.29) is 0 Å². The van der Waals surface area contributed by atoms with Gasteiger partial charge in [0.15, 0.2) is 5.65 Å². The van der Waals surface area contributed by atoms with Crippen LogP contribution in [0.15, 0.2) is 24.4 Å². The average molecular weight is 289 g/mol. The normalized spacial score (nSPS) is 22.5. The van der Waals surface area contributed by atoms with Crippen molar-refractivity contribution >= 4 is 11.6 Å². The van der Waals surface area contributed by atoms with Gasteiger partial charge in [0.1, 0.15) is 0 Å². The van der Waals surface area contributed by atoms with Gasteiger partial charge in [0, 0.05) is 25.4 Å². The number of nitrogens with one attached hydrogen (secondary N) is 1. The van der Waals surface area contributed by atoms with Crippen LogP contribution < -0.4 is 11.1 Å². The summed E-state index contributed by atoms with van der Waals surface area (Å²) in [4.78, 5) is 4.39. The molecule has 3 N–H and O–H groups in total. The van der Waals surface area contributed by atoms with E-state index >= 15 is 0 Å². The number of hydrogen-bond acceptors (Lipinski definition) is 5. The summed E-state index contributed by atoms with van der Waals surface area (Å²) < 4.78 is 7.65. The summed E-state index contributed by atoms with van der Waals surface area (Å²) in [7, 11) is 0. The van der Waals surface area contributed by atoms with Crippen LogP contribution in [0.4, 0.5) is 5.95 Å². The second-order valence-electron chi connectivity index (χ2n) is 5.63. The van der Waals surface area contributed by atoms with Gasteiger partial charge in [-0.3, -0.25) is 0 Å². The molecule has 6 nitrogen and oxygen atoms in total. The molecule has 3 rings (SSSR count). The van der Waals surface area contributed by atoms with Crippen LogP contribution in [0, 0.1) is 0 Å². The van der Waals surface area contributed by atoms with Crippen molar-refractivity contribution in [1.29, 1.82) is 0 Å². The highest BCUT2D eigenvalue weighted by Gasteiger charge is 2.18. The van der Waals surface area contributed by atoms with Crippen LogP contribution in [0.25, 0.3) is 5.65 Å². The highest BCUT2D eigenvalue weighted by Crippen LogP contribution is 2.19. The third kappa shape index (κ3) is 3.92. The van der Waals surface area contributed by atoms with E-state index in [0.29, 0.717) is 18.1 Å². The van der Waals surface area contributed by atoms with Gasteiger partial charge in [0.2, 0.25) is 5.95 Å². The van der Waals surface area contributed by atoms with E-state index in [1.54, 1.807) is 4.52 Å². The van der Waals surface area contributed by atoms with Gasteiger partial charge in [-0.25, -0.2) is 4.52 Å². The monoisotopic (exact) mass is 289 g/mol. The lowest BCUT2D eigenvalue weighted by Gasteiger charge is -2.26. The Morgan fingerprint density at radius 3 is 2.95 bits per heavy atom. The number of rotatable bonds is 6. The van der Waals surface area contributed by atoms with Gasteiger partial charge >= 0.3 is 0 Å². The third-order valence-electron chi connectivity index (χ3n) is 3.92. The first kappa shape index (κ1) is 14.3. The topological polar surface area (TPSA) is 77.5 Å². The van der Waals surface area contributed by atoms with Crippen LogP contribution in [0.1, 0.15) is 32.1 Å².